The van der Waals surface area contributed by atoms with Gasteiger partial charge in [0.2, 0.25) is 0 Å². The van der Waals surface area contributed by atoms with Gasteiger partial charge >= 0.3 is 0 Å². The van der Waals surface area contributed by atoms with Crippen molar-refractivity contribution in [3.63, 3.8) is 0 Å². The highest BCUT2D eigenvalue weighted by atomic mass is 79.9. The molecule has 1 aromatic carbocycles. The first kappa shape index (κ1) is 23.8. The monoisotopic (exact) mass is 518 g/mol. The first-order valence-corrected chi connectivity index (χ1v) is 12.2. The molecule has 2 aliphatic heterocycles. The summed E-state index contributed by atoms with van der Waals surface area (Å²) in [6, 6.07) is 3.53. The number of halogens is 1. The molecule has 1 saturated heterocycles. The summed E-state index contributed by atoms with van der Waals surface area (Å²) in [5, 5.41) is 13.9. The summed E-state index contributed by atoms with van der Waals surface area (Å²) in [5.41, 5.74) is 3.40. The zero-order valence-corrected chi connectivity index (χ0v) is 21.2. The smallest absolute Gasteiger partial charge is 0.252 e. The highest BCUT2D eigenvalue weighted by Crippen LogP contribution is 2.49. The molecule has 0 bridgehead atoms. The highest BCUT2D eigenvalue weighted by Gasteiger charge is 2.44. The number of morpholine rings is 1. The molecule has 0 aromatic heterocycles. The lowest BCUT2D eigenvalue weighted by Crippen LogP contribution is -2.45. The third-order valence-electron chi connectivity index (χ3n) is 6.45. The van der Waals surface area contributed by atoms with Crippen LogP contribution < -0.4 is 10.1 Å². The molecular weight excluding hydrogens is 488 g/mol. The molecule has 7 nitrogen and oxygen atoms in total. The zero-order chi connectivity index (χ0) is 23.9. The standard InChI is InChI=1S/C25H31BrN2O5/c1-5-33-19-11-15(10-16(26)23(19)30)21-20(24(31)28-6-8-32-9-7-28)14(2)27-17-12-25(3,4)13-18(29)22(17)21/h10-11,21,27,30H,5-9,12-13H2,1-4H3/t21-/m0/s1. The van der Waals surface area contributed by atoms with E-state index in [2.05, 4.69) is 35.1 Å². The largest absolute Gasteiger partial charge is 0.503 e. The second-order valence-electron chi connectivity index (χ2n) is 9.62. The summed E-state index contributed by atoms with van der Waals surface area (Å²) in [6.07, 6.45) is 1.14. The van der Waals surface area contributed by atoms with E-state index in [9.17, 15) is 14.7 Å². The molecule has 3 aliphatic rings. The number of phenols is 1. The van der Waals surface area contributed by atoms with Crippen molar-refractivity contribution in [3.8, 4) is 11.5 Å². The maximum atomic E-state index is 13.8. The van der Waals surface area contributed by atoms with Gasteiger partial charge in [-0.2, -0.15) is 0 Å². The van der Waals surface area contributed by atoms with E-state index in [1.54, 1.807) is 17.0 Å². The molecule has 4 rings (SSSR count). The maximum Gasteiger partial charge on any atom is 0.252 e. The van der Waals surface area contributed by atoms with Crippen LogP contribution >= 0.6 is 15.9 Å². The van der Waals surface area contributed by atoms with E-state index >= 15 is 0 Å². The molecule has 0 radical (unpaired) electrons. The van der Waals surface area contributed by atoms with Crippen LogP contribution in [0, 0.1) is 5.41 Å². The van der Waals surface area contributed by atoms with Gasteiger partial charge in [0.15, 0.2) is 17.3 Å². The van der Waals surface area contributed by atoms with Crippen LogP contribution in [0.1, 0.15) is 52.0 Å². The number of ketones is 1. The van der Waals surface area contributed by atoms with Gasteiger partial charge in [-0.05, 0) is 59.3 Å². The summed E-state index contributed by atoms with van der Waals surface area (Å²) in [7, 11) is 0. The molecule has 2 heterocycles. The minimum atomic E-state index is -0.545. The van der Waals surface area contributed by atoms with Crippen LogP contribution in [0.2, 0.25) is 0 Å². The van der Waals surface area contributed by atoms with E-state index in [1.807, 2.05) is 13.8 Å². The predicted molar refractivity (Wildman–Crippen MR) is 128 cm³/mol. The van der Waals surface area contributed by atoms with Crippen molar-refractivity contribution in [2.45, 2.75) is 46.5 Å². The van der Waals surface area contributed by atoms with Crippen molar-refractivity contribution in [3.05, 3.63) is 44.7 Å². The fourth-order valence-electron chi connectivity index (χ4n) is 5.02. The fourth-order valence-corrected chi connectivity index (χ4v) is 5.48. The van der Waals surface area contributed by atoms with Crippen LogP contribution in [-0.4, -0.2) is 54.6 Å². The highest BCUT2D eigenvalue weighted by molar-refractivity contribution is 9.10. The molecule has 2 N–H and O–H groups in total. The molecule has 0 saturated carbocycles. The number of nitrogens with one attached hydrogen (secondary N) is 1. The van der Waals surface area contributed by atoms with Gasteiger partial charge in [-0.15, -0.1) is 0 Å². The minimum Gasteiger partial charge on any atom is -0.503 e. The van der Waals surface area contributed by atoms with Gasteiger partial charge in [0.1, 0.15) is 0 Å². The first-order chi connectivity index (χ1) is 15.6. The number of benzene rings is 1. The summed E-state index contributed by atoms with van der Waals surface area (Å²) in [4.78, 5) is 29.0. The summed E-state index contributed by atoms with van der Waals surface area (Å²) < 4.78 is 11.6. The Morgan fingerprint density at radius 1 is 1.30 bits per heavy atom. The quantitative estimate of drug-likeness (QED) is 0.625. The number of amides is 1. The number of rotatable bonds is 4. The average molecular weight is 519 g/mol. The van der Waals surface area contributed by atoms with Gasteiger partial charge in [0.05, 0.1) is 24.3 Å². The van der Waals surface area contributed by atoms with Gasteiger partial charge in [-0.3, -0.25) is 9.59 Å². The van der Waals surface area contributed by atoms with Crippen LogP contribution in [0.5, 0.6) is 11.5 Å². The molecule has 8 heteroatoms. The Labute approximate surface area is 202 Å². The first-order valence-electron chi connectivity index (χ1n) is 11.4. The molecular formula is C25H31BrN2O5. The second kappa shape index (κ2) is 9.14. The van der Waals surface area contributed by atoms with E-state index in [0.29, 0.717) is 60.7 Å². The zero-order valence-electron chi connectivity index (χ0n) is 19.6. The van der Waals surface area contributed by atoms with Crippen molar-refractivity contribution >= 4 is 27.6 Å². The molecule has 1 aromatic rings. The number of phenolic OH excluding ortho intramolecular Hbond substituents is 1. The van der Waals surface area contributed by atoms with E-state index < -0.39 is 5.92 Å². The number of hydrogen-bond acceptors (Lipinski definition) is 6. The number of Topliss-reactive ketones (excluding diaryl/α,β-unsaturated/α-hetero) is 1. The van der Waals surface area contributed by atoms with Crippen LogP contribution in [0.15, 0.2) is 39.1 Å². The van der Waals surface area contributed by atoms with Crippen LogP contribution in [0.25, 0.3) is 0 Å². The Morgan fingerprint density at radius 2 is 2.00 bits per heavy atom. The third kappa shape index (κ3) is 4.55. The van der Waals surface area contributed by atoms with Gasteiger partial charge in [-0.25, -0.2) is 0 Å². The number of carbonyl (C=O) groups excluding carboxylic acids is 2. The molecule has 178 valence electrons. The molecule has 1 aliphatic carbocycles. The Morgan fingerprint density at radius 3 is 2.67 bits per heavy atom. The fraction of sp³-hybridized carbons (Fsp3) is 0.520. The molecule has 0 spiro atoms. The van der Waals surface area contributed by atoms with E-state index in [1.165, 1.54) is 0 Å². The lowest BCUT2D eigenvalue weighted by Gasteiger charge is -2.41. The normalized spacial score (nSPS) is 22.8. The van der Waals surface area contributed by atoms with E-state index in [4.69, 9.17) is 9.47 Å². The molecule has 33 heavy (non-hydrogen) atoms. The number of dihydropyridines is 1. The minimum absolute atomic E-state index is 0.00148. The molecule has 1 atom stereocenters. The van der Waals surface area contributed by atoms with Crippen LogP contribution in [0.3, 0.4) is 0 Å². The molecule has 1 fully saturated rings. The number of aromatic hydroxyl groups is 1. The Kier molecular flexibility index (Phi) is 6.60. The van der Waals surface area contributed by atoms with E-state index in [-0.39, 0.29) is 22.9 Å². The lowest BCUT2D eigenvalue weighted by molar-refractivity contribution is -0.131. The summed E-state index contributed by atoms with van der Waals surface area (Å²) in [6.45, 7) is 10.3. The van der Waals surface area contributed by atoms with Crippen LogP contribution in [0.4, 0.5) is 0 Å². The number of hydrogen-bond donors (Lipinski definition) is 2. The maximum absolute atomic E-state index is 13.8. The Bertz CT molecular complexity index is 1050. The van der Waals surface area contributed by atoms with Gasteiger partial charge in [0, 0.05) is 48.0 Å². The van der Waals surface area contributed by atoms with E-state index in [0.717, 1.165) is 23.4 Å². The van der Waals surface area contributed by atoms with Crippen molar-refractivity contribution in [1.82, 2.24) is 10.2 Å². The third-order valence-corrected chi connectivity index (χ3v) is 7.06. The Hall–Kier alpha value is -2.32. The lowest BCUT2D eigenvalue weighted by atomic mass is 9.68. The van der Waals surface area contributed by atoms with Crippen LogP contribution in [-0.2, 0) is 14.3 Å². The topological polar surface area (TPSA) is 88.1 Å². The predicted octanol–water partition coefficient (Wildman–Crippen LogP) is 4.02. The number of ether oxygens (including phenoxy) is 2. The summed E-state index contributed by atoms with van der Waals surface area (Å²) in [5.74, 6) is -0.278. The number of nitrogens with zero attached hydrogens (tertiary/aromatic N) is 1. The molecule has 1 amide bonds. The average Bonchev–Trinajstić information content (AvgIpc) is 2.75. The second-order valence-corrected chi connectivity index (χ2v) is 10.5. The van der Waals surface area contributed by atoms with Crippen molar-refractivity contribution in [1.29, 1.82) is 0 Å². The number of allylic oxidation sites excluding steroid dienone is 3. The Balaban J connectivity index is 1.88. The van der Waals surface area contributed by atoms with Gasteiger partial charge in [0.25, 0.3) is 5.91 Å². The molecule has 0 unspecified atom stereocenters. The van der Waals surface area contributed by atoms with Gasteiger partial charge in [-0.1, -0.05) is 13.8 Å². The van der Waals surface area contributed by atoms with Crippen molar-refractivity contribution < 1.29 is 24.2 Å². The van der Waals surface area contributed by atoms with Gasteiger partial charge < -0.3 is 24.8 Å². The SMILES string of the molecule is CCOc1cc([C@H]2C(C(=O)N3CCOCC3)=C(C)NC3=C2C(=O)CC(C)(C)C3)cc(Br)c1O. The van der Waals surface area contributed by atoms with Crippen molar-refractivity contribution in [2.24, 2.45) is 5.41 Å². The van der Waals surface area contributed by atoms with Crippen molar-refractivity contribution in [2.75, 3.05) is 32.9 Å². The summed E-state index contributed by atoms with van der Waals surface area (Å²) >= 11 is 3.43. The number of carbonyl (C=O) groups is 2.